The number of aromatic amines is 1. The van der Waals surface area contributed by atoms with Gasteiger partial charge in [-0.2, -0.15) is 5.01 Å². The lowest BCUT2D eigenvalue weighted by molar-refractivity contribution is -0.139. The van der Waals surface area contributed by atoms with Gasteiger partial charge in [-0.05, 0) is 56.8 Å². The molecule has 2 aromatic rings. The van der Waals surface area contributed by atoms with Gasteiger partial charge in [0.05, 0.1) is 6.54 Å². The van der Waals surface area contributed by atoms with E-state index in [1.807, 2.05) is 13.0 Å². The molecule has 2 aliphatic rings. The third-order valence-electron chi connectivity index (χ3n) is 6.22. The standard InChI is InChI=1S/C21H27N5O3/c1-3-21(2)19(28)26(20(29)23-21)24-18(27)13-25-10-8-14(9-11-25)16-12-22-17-7-5-4-6-15(16)17/h4-7,12,14,22H,3,8-11,13H2,1-2H3,(H,23,29)(H,24,27)/t21-/m1/s1. The van der Waals surface area contributed by atoms with E-state index in [-0.39, 0.29) is 12.5 Å². The third-order valence-corrected chi connectivity index (χ3v) is 6.22. The Morgan fingerprint density at radius 2 is 1.97 bits per heavy atom. The second-order valence-corrected chi connectivity index (χ2v) is 8.13. The first kappa shape index (κ1) is 19.4. The van der Waals surface area contributed by atoms with Gasteiger partial charge in [0.25, 0.3) is 11.8 Å². The monoisotopic (exact) mass is 397 g/mol. The number of hydrazine groups is 1. The van der Waals surface area contributed by atoms with Crippen molar-refractivity contribution in [1.82, 2.24) is 25.6 Å². The fourth-order valence-corrected chi connectivity index (χ4v) is 4.22. The number of nitrogens with one attached hydrogen (secondary N) is 3. The average molecular weight is 397 g/mol. The topological polar surface area (TPSA) is 97.5 Å². The second-order valence-electron chi connectivity index (χ2n) is 8.13. The van der Waals surface area contributed by atoms with Crippen LogP contribution in [0.1, 0.15) is 44.6 Å². The third kappa shape index (κ3) is 3.60. The zero-order valence-corrected chi connectivity index (χ0v) is 16.8. The summed E-state index contributed by atoms with van der Waals surface area (Å²) >= 11 is 0. The molecule has 3 N–H and O–H groups in total. The predicted molar refractivity (Wildman–Crippen MR) is 109 cm³/mol. The van der Waals surface area contributed by atoms with Gasteiger partial charge in [0.15, 0.2) is 0 Å². The highest BCUT2D eigenvalue weighted by Crippen LogP contribution is 2.33. The van der Waals surface area contributed by atoms with Crippen LogP contribution >= 0.6 is 0 Å². The first-order valence-electron chi connectivity index (χ1n) is 10.2. The molecule has 0 bridgehead atoms. The summed E-state index contributed by atoms with van der Waals surface area (Å²) in [4.78, 5) is 42.2. The molecule has 154 valence electrons. The number of amides is 4. The zero-order chi connectivity index (χ0) is 20.6. The molecule has 1 aromatic heterocycles. The Balaban J connectivity index is 1.31. The maximum atomic E-state index is 12.4. The van der Waals surface area contributed by atoms with Gasteiger partial charge in [0, 0.05) is 17.1 Å². The van der Waals surface area contributed by atoms with Crippen LogP contribution in [0.2, 0.25) is 0 Å². The highest BCUT2D eigenvalue weighted by Gasteiger charge is 2.47. The van der Waals surface area contributed by atoms with Crippen LogP contribution in [0, 0.1) is 0 Å². The quantitative estimate of drug-likeness (QED) is 0.673. The van der Waals surface area contributed by atoms with Crippen molar-refractivity contribution >= 4 is 28.7 Å². The summed E-state index contributed by atoms with van der Waals surface area (Å²) in [6.07, 6.45) is 4.49. The number of urea groups is 1. The van der Waals surface area contributed by atoms with E-state index in [2.05, 4.69) is 45.0 Å². The predicted octanol–water partition coefficient (Wildman–Crippen LogP) is 2.10. The van der Waals surface area contributed by atoms with Gasteiger partial charge in [-0.15, -0.1) is 0 Å². The van der Waals surface area contributed by atoms with E-state index >= 15 is 0 Å². The highest BCUT2D eigenvalue weighted by molar-refractivity contribution is 6.07. The molecule has 8 heteroatoms. The van der Waals surface area contributed by atoms with Crippen molar-refractivity contribution in [2.45, 2.75) is 44.6 Å². The minimum Gasteiger partial charge on any atom is -0.361 e. The molecule has 2 aliphatic heterocycles. The van der Waals surface area contributed by atoms with Crippen LogP contribution in [0.15, 0.2) is 30.5 Å². The molecule has 4 rings (SSSR count). The Morgan fingerprint density at radius 3 is 2.66 bits per heavy atom. The minimum atomic E-state index is -0.956. The zero-order valence-electron chi connectivity index (χ0n) is 16.8. The molecule has 0 unspecified atom stereocenters. The number of fused-ring (bicyclic) bond motifs is 1. The summed E-state index contributed by atoms with van der Waals surface area (Å²) in [5.41, 5.74) is 3.99. The van der Waals surface area contributed by atoms with Gasteiger partial charge in [-0.25, -0.2) is 4.79 Å². The molecule has 3 heterocycles. The summed E-state index contributed by atoms with van der Waals surface area (Å²) in [5.74, 6) is -0.308. The molecule has 8 nitrogen and oxygen atoms in total. The molecule has 1 atom stereocenters. The molecule has 4 amide bonds. The lowest BCUT2D eigenvalue weighted by Gasteiger charge is -2.31. The van der Waals surface area contributed by atoms with Crippen LogP contribution in [-0.2, 0) is 9.59 Å². The van der Waals surface area contributed by atoms with Crippen molar-refractivity contribution in [2.24, 2.45) is 0 Å². The van der Waals surface area contributed by atoms with E-state index in [4.69, 9.17) is 0 Å². The fraction of sp³-hybridized carbons (Fsp3) is 0.476. The summed E-state index contributed by atoms with van der Waals surface area (Å²) in [7, 11) is 0. The van der Waals surface area contributed by atoms with Crippen LogP contribution in [0.4, 0.5) is 4.79 Å². The summed E-state index contributed by atoms with van der Waals surface area (Å²) in [6.45, 7) is 5.24. The Labute approximate surface area is 169 Å². The summed E-state index contributed by atoms with van der Waals surface area (Å²) in [6, 6.07) is 7.73. The first-order valence-corrected chi connectivity index (χ1v) is 10.2. The molecule has 2 saturated heterocycles. The smallest absolute Gasteiger partial charge is 0.344 e. The number of hydrogen-bond acceptors (Lipinski definition) is 4. The van der Waals surface area contributed by atoms with Gasteiger partial charge >= 0.3 is 6.03 Å². The molecule has 2 fully saturated rings. The van der Waals surface area contributed by atoms with Crippen molar-refractivity contribution in [3.8, 4) is 0 Å². The molecule has 0 spiro atoms. The maximum absolute atomic E-state index is 12.4. The number of imide groups is 1. The van der Waals surface area contributed by atoms with Crippen molar-refractivity contribution in [3.05, 3.63) is 36.0 Å². The lowest BCUT2D eigenvalue weighted by atomic mass is 9.89. The fourth-order valence-electron chi connectivity index (χ4n) is 4.22. The number of para-hydroxylation sites is 1. The van der Waals surface area contributed by atoms with Crippen LogP contribution in [0.3, 0.4) is 0 Å². The molecule has 0 saturated carbocycles. The summed E-state index contributed by atoms with van der Waals surface area (Å²) in [5, 5.41) is 4.71. The van der Waals surface area contributed by atoms with Gasteiger partial charge in [0.2, 0.25) is 0 Å². The number of carbonyl (C=O) groups is 3. The highest BCUT2D eigenvalue weighted by atomic mass is 16.2. The van der Waals surface area contributed by atoms with E-state index < -0.39 is 17.5 Å². The largest absolute Gasteiger partial charge is 0.361 e. The van der Waals surface area contributed by atoms with Crippen molar-refractivity contribution in [3.63, 3.8) is 0 Å². The molecule has 1 aromatic carbocycles. The van der Waals surface area contributed by atoms with Crippen LogP contribution in [0.5, 0.6) is 0 Å². The first-order chi connectivity index (χ1) is 13.9. The van der Waals surface area contributed by atoms with Gasteiger partial charge < -0.3 is 10.3 Å². The van der Waals surface area contributed by atoms with Crippen molar-refractivity contribution < 1.29 is 14.4 Å². The van der Waals surface area contributed by atoms with E-state index in [0.29, 0.717) is 12.3 Å². The van der Waals surface area contributed by atoms with E-state index in [0.717, 1.165) is 36.5 Å². The normalized spacial score (nSPS) is 23.6. The van der Waals surface area contributed by atoms with E-state index in [1.165, 1.54) is 10.9 Å². The number of H-pyrrole nitrogens is 1. The minimum absolute atomic E-state index is 0.167. The van der Waals surface area contributed by atoms with Crippen LogP contribution in [0.25, 0.3) is 10.9 Å². The molecule has 0 radical (unpaired) electrons. The van der Waals surface area contributed by atoms with Gasteiger partial charge in [-0.1, -0.05) is 25.1 Å². The van der Waals surface area contributed by atoms with Crippen LogP contribution < -0.4 is 10.7 Å². The van der Waals surface area contributed by atoms with Crippen LogP contribution in [-0.4, -0.2) is 57.9 Å². The van der Waals surface area contributed by atoms with Crippen molar-refractivity contribution in [2.75, 3.05) is 19.6 Å². The number of benzene rings is 1. The lowest BCUT2D eigenvalue weighted by Crippen LogP contribution is -2.51. The Morgan fingerprint density at radius 1 is 1.24 bits per heavy atom. The van der Waals surface area contributed by atoms with Gasteiger partial charge in [0.1, 0.15) is 5.54 Å². The summed E-state index contributed by atoms with van der Waals surface area (Å²) < 4.78 is 0. The maximum Gasteiger partial charge on any atom is 0.344 e. The number of nitrogens with zero attached hydrogens (tertiary/aromatic N) is 2. The molecule has 29 heavy (non-hydrogen) atoms. The van der Waals surface area contributed by atoms with Crippen molar-refractivity contribution in [1.29, 1.82) is 0 Å². The Kier molecular flexibility index (Phi) is 5.04. The number of carbonyl (C=O) groups excluding carboxylic acids is 3. The molecular formula is C21H27N5O3. The molecular weight excluding hydrogens is 370 g/mol. The Hall–Kier alpha value is -2.87. The second kappa shape index (κ2) is 7.51. The van der Waals surface area contributed by atoms with Gasteiger partial charge in [-0.3, -0.25) is 19.9 Å². The van der Waals surface area contributed by atoms with E-state index in [1.54, 1.807) is 6.92 Å². The number of aromatic nitrogens is 1. The SMILES string of the molecule is CC[C@@]1(C)NC(=O)N(NC(=O)CN2CCC(c3c[nH]c4ccccc34)CC2)C1=O. The Bertz CT molecular complexity index is 947. The van der Waals surface area contributed by atoms with E-state index in [9.17, 15) is 14.4 Å². The number of rotatable bonds is 5. The number of piperidine rings is 1. The average Bonchev–Trinajstić information content (AvgIpc) is 3.24. The molecule has 0 aliphatic carbocycles. The number of hydrogen-bond donors (Lipinski definition) is 3. The number of likely N-dealkylation sites (tertiary alicyclic amines) is 1.